The zero-order chi connectivity index (χ0) is 12.4. The second-order valence-corrected chi connectivity index (χ2v) is 5.20. The van der Waals surface area contributed by atoms with E-state index >= 15 is 0 Å². The summed E-state index contributed by atoms with van der Waals surface area (Å²) in [6, 6.07) is 0.279. The van der Waals surface area contributed by atoms with Gasteiger partial charge in [0.05, 0.1) is 6.10 Å². The summed E-state index contributed by atoms with van der Waals surface area (Å²) < 4.78 is 5.67. The third kappa shape index (κ3) is 4.46. The van der Waals surface area contributed by atoms with Crippen molar-refractivity contribution < 1.29 is 9.53 Å². The lowest BCUT2D eigenvalue weighted by Gasteiger charge is -2.39. The van der Waals surface area contributed by atoms with Crippen LogP contribution in [0.25, 0.3) is 0 Å². The highest BCUT2D eigenvalue weighted by atomic mass is 35.5. The maximum atomic E-state index is 12.3. The molecular formula is C12H25Cl2N3O2. The minimum absolute atomic E-state index is 0. The fourth-order valence-electron chi connectivity index (χ4n) is 2.71. The average Bonchev–Trinajstić information content (AvgIpc) is 2.76. The fourth-order valence-corrected chi connectivity index (χ4v) is 2.71. The van der Waals surface area contributed by atoms with Crippen LogP contribution in [-0.2, 0) is 9.53 Å². The van der Waals surface area contributed by atoms with Gasteiger partial charge in [0.2, 0.25) is 0 Å². The average molecular weight is 314 g/mol. The van der Waals surface area contributed by atoms with Gasteiger partial charge in [0.15, 0.2) is 0 Å². The maximum absolute atomic E-state index is 12.3. The summed E-state index contributed by atoms with van der Waals surface area (Å²) in [6.07, 6.45) is 1.55. The molecule has 2 rings (SSSR count). The number of piperazine rings is 1. The van der Waals surface area contributed by atoms with E-state index in [-0.39, 0.29) is 49.0 Å². The zero-order valence-electron chi connectivity index (χ0n) is 11.6. The summed E-state index contributed by atoms with van der Waals surface area (Å²) in [5.74, 6) is 0.154. The van der Waals surface area contributed by atoms with Crippen molar-refractivity contribution in [2.24, 2.45) is 5.73 Å². The number of halogens is 2. The zero-order valence-corrected chi connectivity index (χ0v) is 13.2. The van der Waals surface area contributed by atoms with Crippen molar-refractivity contribution in [3.8, 4) is 0 Å². The van der Waals surface area contributed by atoms with E-state index in [0.29, 0.717) is 6.54 Å². The van der Waals surface area contributed by atoms with Crippen molar-refractivity contribution in [1.29, 1.82) is 0 Å². The van der Waals surface area contributed by atoms with Crippen LogP contribution < -0.4 is 5.73 Å². The third-order valence-electron chi connectivity index (χ3n) is 3.76. The predicted molar refractivity (Wildman–Crippen MR) is 80.1 cm³/mol. The molecule has 0 aromatic rings. The molecule has 2 N–H and O–H groups in total. The Balaban J connectivity index is 0.00000162. The van der Waals surface area contributed by atoms with Crippen molar-refractivity contribution in [2.45, 2.75) is 38.0 Å². The van der Waals surface area contributed by atoms with Gasteiger partial charge >= 0.3 is 0 Å². The Bertz CT molecular complexity index is 294. The molecule has 0 bridgehead atoms. The first-order chi connectivity index (χ1) is 8.11. The van der Waals surface area contributed by atoms with Gasteiger partial charge in [0.1, 0.15) is 6.10 Å². The van der Waals surface area contributed by atoms with Gasteiger partial charge in [-0.2, -0.15) is 0 Å². The second-order valence-electron chi connectivity index (χ2n) is 5.20. The molecule has 114 valence electrons. The summed E-state index contributed by atoms with van der Waals surface area (Å²) in [7, 11) is 2.09. The highest BCUT2D eigenvalue weighted by Gasteiger charge is 2.35. The number of amides is 1. The molecule has 2 fully saturated rings. The number of likely N-dealkylation sites (N-methyl/N-ethyl adjacent to an activating group) is 1. The van der Waals surface area contributed by atoms with Crippen molar-refractivity contribution in [1.82, 2.24) is 9.80 Å². The summed E-state index contributed by atoms with van der Waals surface area (Å²) >= 11 is 0. The van der Waals surface area contributed by atoms with Crippen molar-refractivity contribution in [3.63, 3.8) is 0 Å². The SMILES string of the molecule is CC1CN(C)CCN1C(=O)[C@@H]1CC[C@H](CN)O1.Cl.Cl. The molecule has 0 aromatic carbocycles. The van der Waals surface area contributed by atoms with E-state index in [2.05, 4.69) is 18.9 Å². The van der Waals surface area contributed by atoms with Crippen LogP contribution in [0.4, 0.5) is 0 Å². The highest BCUT2D eigenvalue weighted by molar-refractivity contribution is 5.85. The van der Waals surface area contributed by atoms with Crippen LogP contribution in [0.2, 0.25) is 0 Å². The van der Waals surface area contributed by atoms with Crippen LogP contribution in [0.15, 0.2) is 0 Å². The molecule has 1 amide bonds. The summed E-state index contributed by atoms with van der Waals surface area (Å²) in [5, 5.41) is 0. The van der Waals surface area contributed by atoms with Gasteiger partial charge in [-0.15, -0.1) is 24.8 Å². The van der Waals surface area contributed by atoms with E-state index < -0.39 is 0 Å². The first-order valence-corrected chi connectivity index (χ1v) is 6.46. The monoisotopic (exact) mass is 313 g/mol. The van der Waals surface area contributed by atoms with Crippen LogP contribution in [0, 0.1) is 0 Å². The lowest BCUT2D eigenvalue weighted by molar-refractivity contribution is -0.147. The summed E-state index contributed by atoms with van der Waals surface area (Å²) in [6.45, 7) is 5.32. The lowest BCUT2D eigenvalue weighted by Crippen LogP contribution is -2.55. The molecule has 2 aliphatic heterocycles. The number of hydrogen-bond acceptors (Lipinski definition) is 4. The van der Waals surface area contributed by atoms with Crippen LogP contribution in [0.3, 0.4) is 0 Å². The largest absolute Gasteiger partial charge is 0.364 e. The van der Waals surface area contributed by atoms with E-state index in [1.807, 2.05) is 4.90 Å². The molecule has 2 saturated heterocycles. The molecule has 2 aliphatic rings. The first-order valence-electron chi connectivity index (χ1n) is 6.46. The van der Waals surface area contributed by atoms with E-state index in [0.717, 1.165) is 32.5 Å². The molecule has 3 atom stereocenters. The Hall–Kier alpha value is -0.0700. The van der Waals surface area contributed by atoms with Gasteiger partial charge in [0, 0.05) is 32.2 Å². The number of nitrogens with two attached hydrogens (primary N) is 1. The van der Waals surface area contributed by atoms with Crippen LogP contribution >= 0.6 is 24.8 Å². The van der Waals surface area contributed by atoms with Gasteiger partial charge in [-0.1, -0.05) is 0 Å². The first kappa shape index (κ1) is 18.9. The smallest absolute Gasteiger partial charge is 0.252 e. The molecule has 7 heteroatoms. The summed E-state index contributed by atoms with van der Waals surface area (Å²) in [5.41, 5.74) is 5.56. The van der Waals surface area contributed by atoms with Crippen LogP contribution in [0.5, 0.6) is 0 Å². The van der Waals surface area contributed by atoms with Gasteiger partial charge in [-0.25, -0.2) is 0 Å². The molecular weight excluding hydrogens is 289 g/mol. The van der Waals surface area contributed by atoms with Gasteiger partial charge in [0.25, 0.3) is 5.91 Å². The molecule has 19 heavy (non-hydrogen) atoms. The molecule has 1 unspecified atom stereocenters. The van der Waals surface area contributed by atoms with Gasteiger partial charge < -0.3 is 20.3 Å². The second kappa shape index (κ2) is 8.27. The third-order valence-corrected chi connectivity index (χ3v) is 3.76. The van der Waals surface area contributed by atoms with E-state index in [1.165, 1.54) is 0 Å². The van der Waals surface area contributed by atoms with Crippen molar-refractivity contribution in [2.75, 3.05) is 33.2 Å². The Morgan fingerprint density at radius 2 is 2.00 bits per heavy atom. The molecule has 2 heterocycles. The van der Waals surface area contributed by atoms with Crippen LogP contribution in [0.1, 0.15) is 19.8 Å². The quantitative estimate of drug-likeness (QED) is 0.806. The fraction of sp³-hybridized carbons (Fsp3) is 0.917. The Morgan fingerprint density at radius 3 is 2.53 bits per heavy atom. The van der Waals surface area contributed by atoms with Gasteiger partial charge in [-0.3, -0.25) is 4.79 Å². The molecule has 0 saturated carbocycles. The number of hydrogen-bond donors (Lipinski definition) is 1. The normalized spacial score (nSPS) is 31.5. The number of ether oxygens (including phenoxy) is 1. The molecule has 0 radical (unpaired) electrons. The van der Waals surface area contributed by atoms with Crippen LogP contribution in [-0.4, -0.2) is 67.2 Å². The standard InChI is InChI=1S/C12H23N3O2.2ClH/c1-9-8-14(2)5-6-15(9)12(16)11-4-3-10(7-13)17-11;;/h9-11H,3-8,13H2,1-2H3;2*1H/t9?,10-,11+;;/m1../s1. The number of carbonyl (C=O) groups excluding carboxylic acids is 1. The number of nitrogens with zero attached hydrogens (tertiary/aromatic N) is 2. The maximum Gasteiger partial charge on any atom is 0.252 e. The lowest BCUT2D eigenvalue weighted by atomic mass is 10.1. The molecule has 0 spiro atoms. The number of carbonyl (C=O) groups is 1. The summed E-state index contributed by atoms with van der Waals surface area (Å²) in [4.78, 5) is 16.5. The topological polar surface area (TPSA) is 58.8 Å². The predicted octanol–water partition coefficient (Wildman–Crippen LogP) is 0.499. The Kier molecular flexibility index (Phi) is 8.24. The Morgan fingerprint density at radius 1 is 1.32 bits per heavy atom. The van der Waals surface area contributed by atoms with Crippen molar-refractivity contribution >= 4 is 30.7 Å². The molecule has 5 nitrogen and oxygen atoms in total. The molecule has 0 aromatic heterocycles. The minimum atomic E-state index is -0.255. The van der Waals surface area contributed by atoms with E-state index in [1.54, 1.807) is 0 Å². The van der Waals surface area contributed by atoms with Crippen molar-refractivity contribution in [3.05, 3.63) is 0 Å². The Labute approximate surface area is 127 Å². The number of rotatable bonds is 2. The van der Waals surface area contributed by atoms with E-state index in [4.69, 9.17) is 10.5 Å². The van der Waals surface area contributed by atoms with Gasteiger partial charge in [-0.05, 0) is 26.8 Å². The van der Waals surface area contributed by atoms with E-state index in [9.17, 15) is 4.79 Å². The highest BCUT2D eigenvalue weighted by Crippen LogP contribution is 2.22. The minimum Gasteiger partial charge on any atom is -0.364 e. The molecule has 0 aliphatic carbocycles.